The van der Waals surface area contributed by atoms with Crippen LogP contribution >= 0.6 is 11.8 Å². The smallest absolute Gasteiger partial charge is 0.326 e. The minimum Gasteiger partial charge on any atom is -0.480 e. The van der Waals surface area contributed by atoms with E-state index in [1.807, 2.05) is 0 Å². The minimum atomic E-state index is -0.821. The summed E-state index contributed by atoms with van der Waals surface area (Å²) in [4.78, 5) is 25.1. The van der Waals surface area contributed by atoms with Gasteiger partial charge in [0.25, 0.3) is 0 Å². The average Bonchev–Trinajstić information content (AvgIpc) is 2.87. The van der Waals surface area contributed by atoms with Crippen LogP contribution in [0.1, 0.15) is 32.6 Å². The maximum absolute atomic E-state index is 12.1. The van der Waals surface area contributed by atoms with Gasteiger partial charge in [-0.2, -0.15) is 11.8 Å². The first-order chi connectivity index (χ1) is 8.65. The standard InChI is InChI=1S/C13H21NO3S/c1-2-6-18-8-11(15)14-7-9-4-3-5-10(9)12(14)13(16)17/h9-10,12H,2-8H2,1H3,(H,16,17). The van der Waals surface area contributed by atoms with E-state index in [0.29, 0.717) is 18.2 Å². The number of aliphatic carboxylic acids is 1. The molecule has 1 N–H and O–H groups in total. The van der Waals surface area contributed by atoms with Crippen molar-refractivity contribution in [1.82, 2.24) is 4.90 Å². The van der Waals surface area contributed by atoms with Gasteiger partial charge in [0.05, 0.1) is 5.75 Å². The number of likely N-dealkylation sites (tertiary alicyclic amines) is 1. The fourth-order valence-corrected chi connectivity index (χ4v) is 4.04. The molecule has 0 spiro atoms. The molecule has 1 aliphatic heterocycles. The molecule has 1 saturated heterocycles. The van der Waals surface area contributed by atoms with E-state index in [1.54, 1.807) is 16.7 Å². The molecule has 0 radical (unpaired) electrons. The van der Waals surface area contributed by atoms with Gasteiger partial charge in [0.2, 0.25) is 5.91 Å². The molecule has 3 unspecified atom stereocenters. The van der Waals surface area contributed by atoms with Crippen LogP contribution in [0.5, 0.6) is 0 Å². The second-order valence-electron chi connectivity index (χ2n) is 5.24. The summed E-state index contributed by atoms with van der Waals surface area (Å²) in [5.74, 6) is 1.20. The number of nitrogens with zero attached hydrogens (tertiary/aromatic N) is 1. The lowest BCUT2D eigenvalue weighted by molar-refractivity contribution is -0.148. The van der Waals surface area contributed by atoms with Gasteiger partial charge in [-0.25, -0.2) is 4.79 Å². The monoisotopic (exact) mass is 271 g/mol. The highest BCUT2D eigenvalue weighted by atomic mass is 32.2. The molecular formula is C13H21NO3S. The number of hydrogen-bond donors (Lipinski definition) is 1. The maximum Gasteiger partial charge on any atom is 0.326 e. The molecule has 102 valence electrons. The Balaban J connectivity index is 1.98. The number of thioether (sulfide) groups is 1. The van der Waals surface area contributed by atoms with E-state index >= 15 is 0 Å². The quantitative estimate of drug-likeness (QED) is 0.775. The number of fused-ring (bicyclic) bond motifs is 1. The zero-order chi connectivity index (χ0) is 13.1. The highest BCUT2D eigenvalue weighted by Crippen LogP contribution is 2.42. The van der Waals surface area contributed by atoms with Crippen LogP contribution < -0.4 is 0 Å². The molecule has 2 aliphatic rings. The minimum absolute atomic E-state index is 0.00949. The maximum atomic E-state index is 12.1. The summed E-state index contributed by atoms with van der Waals surface area (Å²) in [6, 6.07) is -0.563. The molecule has 0 bridgehead atoms. The van der Waals surface area contributed by atoms with Gasteiger partial charge in [-0.05, 0) is 36.9 Å². The van der Waals surface area contributed by atoms with Crippen molar-refractivity contribution >= 4 is 23.6 Å². The number of carbonyl (C=O) groups excluding carboxylic acids is 1. The number of hydrogen-bond acceptors (Lipinski definition) is 3. The van der Waals surface area contributed by atoms with Crippen molar-refractivity contribution in [2.24, 2.45) is 11.8 Å². The second kappa shape index (κ2) is 5.95. The summed E-state index contributed by atoms with van der Waals surface area (Å²) in [6.45, 7) is 2.74. The fourth-order valence-electron chi connectivity index (χ4n) is 3.27. The van der Waals surface area contributed by atoms with Crippen molar-refractivity contribution in [2.45, 2.75) is 38.6 Å². The Hall–Kier alpha value is -0.710. The van der Waals surface area contributed by atoms with E-state index in [9.17, 15) is 14.7 Å². The first-order valence-corrected chi connectivity index (χ1v) is 7.90. The molecule has 1 heterocycles. The number of carbonyl (C=O) groups is 2. The molecule has 3 atom stereocenters. The zero-order valence-electron chi connectivity index (χ0n) is 10.8. The molecule has 5 heteroatoms. The Morgan fingerprint density at radius 3 is 2.83 bits per heavy atom. The zero-order valence-corrected chi connectivity index (χ0v) is 11.6. The summed E-state index contributed by atoms with van der Waals surface area (Å²) in [5.41, 5.74) is 0. The predicted molar refractivity (Wildman–Crippen MR) is 71.6 cm³/mol. The lowest BCUT2D eigenvalue weighted by atomic mass is 9.94. The van der Waals surface area contributed by atoms with E-state index in [2.05, 4.69) is 6.92 Å². The van der Waals surface area contributed by atoms with Gasteiger partial charge in [-0.1, -0.05) is 13.3 Å². The normalized spacial score (nSPS) is 30.5. The van der Waals surface area contributed by atoms with Crippen LogP contribution in [0.15, 0.2) is 0 Å². The summed E-state index contributed by atoms with van der Waals surface area (Å²) >= 11 is 1.61. The Labute approximate surface area is 112 Å². The third kappa shape index (κ3) is 2.66. The molecule has 2 rings (SSSR count). The van der Waals surface area contributed by atoms with Gasteiger partial charge in [-0.15, -0.1) is 0 Å². The third-order valence-electron chi connectivity index (χ3n) is 4.04. The van der Waals surface area contributed by atoms with E-state index in [-0.39, 0.29) is 11.8 Å². The lowest BCUT2D eigenvalue weighted by Crippen LogP contribution is -2.44. The molecule has 4 nitrogen and oxygen atoms in total. The summed E-state index contributed by atoms with van der Waals surface area (Å²) in [5, 5.41) is 9.35. The molecule has 0 aromatic carbocycles. The number of carboxylic acid groups (broad SMARTS) is 1. The summed E-state index contributed by atoms with van der Waals surface area (Å²) < 4.78 is 0. The Kier molecular flexibility index (Phi) is 4.54. The number of rotatable bonds is 5. The largest absolute Gasteiger partial charge is 0.480 e. The Morgan fingerprint density at radius 2 is 2.17 bits per heavy atom. The van der Waals surface area contributed by atoms with E-state index in [4.69, 9.17) is 0 Å². The second-order valence-corrected chi connectivity index (χ2v) is 6.34. The van der Waals surface area contributed by atoms with Crippen LogP contribution in [0.4, 0.5) is 0 Å². The predicted octanol–water partition coefficient (Wildman–Crippen LogP) is 1.84. The van der Waals surface area contributed by atoms with Crippen molar-refractivity contribution in [2.75, 3.05) is 18.1 Å². The van der Waals surface area contributed by atoms with Crippen LogP contribution in [0, 0.1) is 11.8 Å². The van der Waals surface area contributed by atoms with Gasteiger partial charge < -0.3 is 10.0 Å². The molecular weight excluding hydrogens is 250 g/mol. The fraction of sp³-hybridized carbons (Fsp3) is 0.846. The molecule has 1 saturated carbocycles. The molecule has 1 aliphatic carbocycles. The molecule has 1 amide bonds. The van der Waals surface area contributed by atoms with Crippen LogP contribution in [-0.4, -0.2) is 46.0 Å². The van der Waals surface area contributed by atoms with E-state index in [1.165, 1.54) is 0 Å². The molecule has 0 aromatic rings. The number of amides is 1. The van der Waals surface area contributed by atoms with Gasteiger partial charge in [-0.3, -0.25) is 4.79 Å². The van der Waals surface area contributed by atoms with Crippen molar-refractivity contribution in [1.29, 1.82) is 0 Å². The SMILES string of the molecule is CCCSCC(=O)N1CC2CCCC2C1C(=O)O. The first-order valence-electron chi connectivity index (χ1n) is 6.75. The van der Waals surface area contributed by atoms with Gasteiger partial charge in [0, 0.05) is 6.54 Å². The van der Waals surface area contributed by atoms with E-state index in [0.717, 1.165) is 31.4 Å². The molecule has 18 heavy (non-hydrogen) atoms. The summed E-state index contributed by atoms with van der Waals surface area (Å²) in [6.07, 6.45) is 4.21. The lowest BCUT2D eigenvalue weighted by Gasteiger charge is -2.24. The van der Waals surface area contributed by atoms with Gasteiger partial charge in [0.1, 0.15) is 6.04 Å². The van der Waals surface area contributed by atoms with Crippen LogP contribution in [0.25, 0.3) is 0 Å². The number of carboxylic acids is 1. The Bertz CT molecular complexity index is 334. The molecule has 0 aromatic heterocycles. The van der Waals surface area contributed by atoms with Gasteiger partial charge >= 0.3 is 5.97 Å². The summed E-state index contributed by atoms with van der Waals surface area (Å²) in [7, 11) is 0. The van der Waals surface area contributed by atoms with Crippen LogP contribution in [0.3, 0.4) is 0 Å². The van der Waals surface area contributed by atoms with E-state index < -0.39 is 12.0 Å². The average molecular weight is 271 g/mol. The van der Waals surface area contributed by atoms with Crippen LogP contribution in [0.2, 0.25) is 0 Å². The van der Waals surface area contributed by atoms with Crippen molar-refractivity contribution in [3.63, 3.8) is 0 Å². The topological polar surface area (TPSA) is 57.6 Å². The van der Waals surface area contributed by atoms with Crippen LogP contribution in [-0.2, 0) is 9.59 Å². The van der Waals surface area contributed by atoms with Gasteiger partial charge in [0.15, 0.2) is 0 Å². The first kappa shape index (κ1) is 13.7. The van der Waals surface area contributed by atoms with Crippen molar-refractivity contribution in [3.05, 3.63) is 0 Å². The Morgan fingerprint density at radius 1 is 1.39 bits per heavy atom. The third-order valence-corrected chi connectivity index (χ3v) is 5.19. The van der Waals surface area contributed by atoms with Crippen molar-refractivity contribution in [3.8, 4) is 0 Å². The van der Waals surface area contributed by atoms with Crippen molar-refractivity contribution < 1.29 is 14.7 Å². The highest BCUT2D eigenvalue weighted by Gasteiger charge is 2.49. The molecule has 2 fully saturated rings. The highest BCUT2D eigenvalue weighted by molar-refractivity contribution is 7.99.